The summed E-state index contributed by atoms with van der Waals surface area (Å²) >= 11 is 0. The van der Waals surface area contributed by atoms with Gasteiger partial charge in [0.25, 0.3) is 0 Å². The summed E-state index contributed by atoms with van der Waals surface area (Å²) in [6.07, 6.45) is 6.06. The van der Waals surface area contributed by atoms with Gasteiger partial charge in [-0.05, 0) is 42.7 Å². The lowest BCUT2D eigenvalue weighted by Gasteiger charge is -2.15. The van der Waals surface area contributed by atoms with Crippen molar-refractivity contribution in [2.75, 3.05) is 0 Å². The highest BCUT2D eigenvalue weighted by Gasteiger charge is 2.51. The highest BCUT2D eigenvalue weighted by Crippen LogP contribution is 2.50. The molecule has 0 unspecified atom stereocenters. The number of isocyanates is 1. The summed E-state index contributed by atoms with van der Waals surface area (Å²) in [7, 11) is 0. The quantitative estimate of drug-likeness (QED) is 0.530. The maximum atomic E-state index is 10.4. The number of hydrogen-bond acceptors (Lipinski definition) is 2. The molecular weight excluding hydrogens is 186 g/mol. The zero-order valence-electron chi connectivity index (χ0n) is 8.57. The number of carbonyl (C=O) groups excluding carboxylic acids is 1. The topological polar surface area (TPSA) is 29.4 Å². The Labute approximate surface area is 89.0 Å². The standard InChI is InChI=1S/C13H13NO/c15-9-14-13(5-6-13)12-7-10-3-1-2-4-11(10)8-12/h1-4,12H,5-8H2. The molecule has 2 aliphatic carbocycles. The van der Waals surface area contributed by atoms with Crippen molar-refractivity contribution in [2.45, 2.75) is 31.2 Å². The van der Waals surface area contributed by atoms with E-state index in [1.165, 1.54) is 11.1 Å². The Kier molecular flexibility index (Phi) is 1.80. The maximum Gasteiger partial charge on any atom is 0.235 e. The molecule has 0 spiro atoms. The number of nitrogens with zero attached hydrogens (tertiary/aromatic N) is 1. The van der Waals surface area contributed by atoms with Crippen molar-refractivity contribution in [3.8, 4) is 0 Å². The predicted octanol–water partition coefficient (Wildman–Crippen LogP) is 2.27. The van der Waals surface area contributed by atoms with Gasteiger partial charge in [0.05, 0.1) is 5.54 Å². The molecule has 0 aromatic heterocycles. The van der Waals surface area contributed by atoms with Crippen LogP contribution in [0.4, 0.5) is 0 Å². The molecule has 0 N–H and O–H groups in total. The summed E-state index contributed by atoms with van der Waals surface area (Å²) < 4.78 is 0. The second-order valence-electron chi connectivity index (χ2n) is 4.68. The summed E-state index contributed by atoms with van der Waals surface area (Å²) in [6, 6.07) is 8.56. The molecule has 0 heterocycles. The van der Waals surface area contributed by atoms with Gasteiger partial charge in [0.2, 0.25) is 6.08 Å². The maximum absolute atomic E-state index is 10.4. The average molecular weight is 199 g/mol. The molecule has 0 amide bonds. The molecule has 2 aliphatic rings. The lowest BCUT2D eigenvalue weighted by molar-refractivity contribution is 0.422. The summed E-state index contributed by atoms with van der Waals surface area (Å²) in [4.78, 5) is 14.4. The first-order valence-corrected chi connectivity index (χ1v) is 5.50. The van der Waals surface area contributed by atoms with E-state index in [1.807, 2.05) is 0 Å². The first-order valence-electron chi connectivity index (χ1n) is 5.50. The molecule has 15 heavy (non-hydrogen) atoms. The molecule has 2 nitrogen and oxygen atoms in total. The molecule has 0 atom stereocenters. The largest absolute Gasteiger partial charge is 0.235 e. The van der Waals surface area contributed by atoms with Crippen LogP contribution in [0.5, 0.6) is 0 Å². The third-order valence-corrected chi connectivity index (χ3v) is 3.84. The van der Waals surface area contributed by atoms with E-state index in [4.69, 9.17) is 0 Å². The third-order valence-electron chi connectivity index (χ3n) is 3.84. The smallest absolute Gasteiger partial charge is 0.211 e. The number of benzene rings is 1. The minimum absolute atomic E-state index is 0.0409. The molecule has 0 aliphatic heterocycles. The van der Waals surface area contributed by atoms with Crippen LogP contribution in [0.2, 0.25) is 0 Å². The Hall–Kier alpha value is -1.40. The van der Waals surface area contributed by atoms with Crippen molar-refractivity contribution < 1.29 is 4.79 Å². The number of fused-ring (bicyclic) bond motifs is 1. The van der Waals surface area contributed by atoms with Gasteiger partial charge >= 0.3 is 0 Å². The van der Waals surface area contributed by atoms with Crippen molar-refractivity contribution in [2.24, 2.45) is 10.9 Å². The van der Waals surface area contributed by atoms with Crippen molar-refractivity contribution in [1.29, 1.82) is 0 Å². The van der Waals surface area contributed by atoms with Gasteiger partial charge in [-0.1, -0.05) is 24.3 Å². The van der Waals surface area contributed by atoms with Crippen LogP contribution in [-0.4, -0.2) is 11.6 Å². The van der Waals surface area contributed by atoms with Gasteiger partial charge in [0.15, 0.2) is 0 Å². The fraction of sp³-hybridized carbons (Fsp3) is 0.462. The number of rotatable bonds is 2. The molecule has 0 bridgehead atoms. The highest BCUT2D eigenvalue weighted by atomic mass is 16.1. The van der Waals surface area contributed by atoms with E-state index in [-0.39, 0.29) is 5.54 Å². The molecule has 3 rings (SSSR count). The van der Waals surface area contributed by atoms with Crippen LogP contribution in [0, 0.1) is 5.92 Å². The van der Waals surface area contributed by atoms with Crippen LogP contribution in [0.3, 0.4) is 0 Å². The molecular formula is C13H13NO. The third kappa shape index (κ3) is 1.33. The molecule has 1 aromatic rings. The van der Waals surface area contributed by atoms with Crippen molar-refractivity contribution >= 4 is 6.08 Å². The van der Waals surface area contributed by atoms with E-state index in [0.717, 1.165) is 25.7 Å². The Bertz CT molecular complexity index is 417. The molecule has 1 aromatic carbocycles. The van der Waals surface area contributed by atoms with Crippen LogP contribution in [0.15, 0.2) is 29.3 Å². The predicted molar refractivity (Wildman–Crippen MR) is 57.4 cm³/mol. The number of hydrogen-bond donors (Lipinski definition) is 0. The first-order chi connectivity index (χ1) is 7.34. The average Bonchev–Trinajstić information content (AvgIpc) is 2.91. The SMILES string of the molecule is O=C=NC1(C2Cc3ccccc3C2)CC1. The van der Waals surface area contributed by atoms with E-state index < -0.39 is 0 Å². The Morgan fingerprint density at radius 1 is 1.20 bits per heavy atom. The Morgan fingerprint density at radius 3 is 2.27 bits per heavy atom. The van der Waals surface area contributed by atoms with Gasteiger partial charge in [-0.25, -0.2) is 4.79 Å². The second kappa shape index (κ2) is 3.04. The molecule has 1 saturated carbocycles. The Morgan fingerprint density at radius 2 is 1.80 bits per heavy atom. The zero-order valence-corrected chi connectivity index (χ0v) is 8.57. The molecule has 0 radical (unpaired) electrons. The molecule has 1 fully saturated rings. The van der Waals surface area contributed by atoms with Crippen molar-refractivity contribution in [3.63, 3.8) is 0 Å². The van der Waals surface area contributed by atoms with Gasteiger partial charge in [0, 0.05) is 0 Å². The minimum atomic E-state index is -0.0409. The van der Waals surface area contributed by atoms with Crippen LogP contribution >= 0.6 is 0 Å². The first kappa shape index (κ1) is 8.87. The van der Waals surface area contributed by atoms with Gasteiger partial charge in [0.1, 0.15) is 0 Å². The zero-order chi connectivity index (χ0) is 10.3. The summed E-state index contributed by atoms with van der Waals surface area (Å²) in [5.74, 6) is 0.538. The van der Waals surface area contributed by atoms with Gasteiger partial charge in [-0.2, -0.15) is 4.99 Å². The van der Waals surface area contributed by atoms with Crippen molar-refractivity contribution in [3.05, 3.63) is 35.4 Å². The second-order valence-corrected chi connectivity index (χ2v) is 4.68. The summed E-state index contributed by atoms with van der Waals surface area (Å²) in [5.41, 5.74) is 2.84. The fourth-order valence-corrected chi connectivity index (χ4v) is 2.77. The summed E-state index contributed by atoms with van der Waals surface area (Å²) in [5, 5.41) is 0. The molecule has 76 valence electrons. The van der Waals surface area contributed by atoms with Crippen LogP contribution in [0.25, 0.3) is 0 Å². The van der Waals surface area contributed by atoms with E-state index in [2.05, 4.69) is 29.3 Å². The van der Waals surface area contributed by atoms with Crippen LogP contribution < -0.4 is 0 Å². The molecule has 0 saturated heterocycles. The van der Waals surface area contributed by atoms with Crippen LogP contribution in [0.1, 0.15) is 24.0 Å². The van der Waals surface area contributed by atoms with Gasteiger partial charge in [-0.15, -0.1) is 0 Å². The number of aliphatic imine (C=N–C) groups is 1. The van der Waals surface area contributed by atoms with Crippen LogP contribution in [-0.2, 0) is 17.6 Å². The van der Waals surface area contributed by atoms with Gasteiger partial charge < -0.3 is 0 Å². The van der Waals surface area contributed by atoms with Gasteiger partial charge in [-0.3, -0.25) is 0 Å². The van der Waals surface area contributed by atoms with E-state index in [9.17, 15) is 4.79 Å². The lowest BCUT2D eigenvalue weighted by Crippen LogP contribution is -2.20. The van der Waals surface area contributed by atoms with E-state index in [0.29, 0.717) is 5.92 Å². The minimum Gasteiger partial charge on any atom is -0.211 e. The lowest BCUT2D eigenvalue weighted by atomic mass is 9.95. The fourth-order valence-electron chi connectivity index (χ4n) is 2.77. The van der Waals surface area contributed by atoms with E-state index in [1.54, 1.807) is 6.08 Å². The Balaban J connectivity index is 1.87. The van der Waals surface area contributed by atoms with Crippen molar-refractivity contribution in [1.82, 2.24) is 0 Å². The normalized spacial score (nSPS) is 21.9. The van der Waals surface area contributed by atoms with E-state index >= 15 is 0 Å². The molecule has 2 heteroatoms. The monoisotopic (exact) mass is 199 g/mol. The highest BCUT2D eigenvalue weighted by molar-refractivity contribution is 5.40. The summed E-state index contributed by atoms with van der Waals surface area (Å²) in [6.45, 7) is 0.